The van der Waals surface area contributed by atoms with Crippen molar-refractivity contribution in [3.8, 4) is 0 Å². The van der Waals surface area contributed by atoms with Crippen LogP contribution in [0.15, 0.2) is 18.2 Å². The number of ether oxygens (including phenoxy) is 2. The molecule has 0 saturated carbocycles. The molecule has 0 radical (unpaired) electrons. The van der Waals surface area contributed by atoms with Crippen molar-refractivity contribution < 1.29 is 19.1 Å². The summed E-state index contributed by atoms with van der Waals surface area (Å²) in [5, 5.41) is 0. The summed E-state index contributed by atoms with van der Waals surface area (Å²) in [6.07, 6.45) is 1.71. The lowest BCUT2D eigenvalue weighted by Gasteiger charge is -2.09. The van der Waals surface area contributed by atoms with Crippen molar-refractivity contribution in [1.82, 2.24) is 0 Å². The molecule has 0 aliphatic heterocycles. The minimum atomic E-state index is -0.293. The largest absolute Gasteiger partial charge is 0.469 e. The predicted octanol–water partition coefficient (Wildman–Crippen LogP) is 2.53. The number of carbonyl (C=O) groups excluding carboxylic acids is 2. The number of hydrogen-bond acceptors (Lipinski definition) is 4. The van der Waals surface area contributed by atoms with Crippen LogP contribution in [0, 0.1) is 0 Å². The summed E-state index contributed by atoms with van der Waals surface area (Å²) in [5.41, 5.74) is 2.57. The van der Waals surface area contributed by atoms with E-state index >= 15 is 0 Å². The van der Waals surface area contributed by atoms with E-state index < -0.39 is 0 Å². The Hall–Kier alpha value is -1.84. The van der Waals surface area contributed by atoms with E-state index in [0.717, 1.165) is 17.5 Å². The molecule has 0 fully saturated rings. The molecule has 0 aliphatic rings. The Morgan fingerprint density at radius 3 is 2.53 bits per heavy atom. The monoisotopic (exact) mass is 264 g/mol. The van der Waals surface area contributed by atoms with Crippen LogP contribution in [0.1, 0.15) is 41.8 Å². The van der Waals surface area contributed by atoms with E-state index in [2.05, 4.69) is 4.74 Å². The third-order valence-electron chi connectivity index (χ3n) is 2.89. The maximum Gasteiger partial charge on any atom is 0.338 e. The van der Waals surface area contributed by atoms with Crippen molar-refractivity contribution in [1.29, 1.82) is 0 Å². The molecule has 0 amide bonds. The Morgan fingerprint density at radius 1 is 1.21 bits per heavy atom. The summed E-state index contributed by atoms with van der Waals surface area (Å²) in [6.45, 7) is 4.14. The molecular weight excluding hydrogens is 244 g/mol. The van der Waals surface area contributed by atoms with Crippen LogP contribution >= 0.6 is 0 Å². The number of esters is 2. The van der Waals surface area contributed by atoms with Gasteiger partial charge in [0.2, 0.25) is 0 Å². The van der Waals surface area contributed by atoms with Gasteiger partial charge in [-0.3, -0.25) is 4.79 Å². The predicted molar refractivity (Wildman–Crippen MR) is 72.1 cm³/mol. The van der Waals surface area contributed by atoms with E-state index in [-0.39, 0.29) is 11.9 Å². The van der Waals surface area contributed by atoms with E-state index in [1.807, 2.05) is 19.1 Å². The van der Waals surface area contributed by atoms with Gasteiger partial charge in [0.05, 0.1) is 19.3 Å². The van der Waals surface area contributed by atoms with Crippen molar-refractivity contribution in [3.05, 3.63) is 34.9 Å². The van der Waals surface area contributed by atoms with Gasteiger partial charge in [-0.1, -0.05) is 19.1 Å². The number of methoxy groups -OCH3 is 1. The molecule has 0 spiro atoms. The lowest BCUT2D eigenvalue weighted by Crippen LogP contribution is -2.09. The number of rotatable bonds is 6. The molecule has 0 N–H and O–H groups in total. The van der Waals surface area contributed by atoms with Crippen molar-refractivity contribution in [3.63, 3.8) is 0 Å². The minimum absolute atomic E-state index is 0.229. The fraction of sp³-hybridized carbons (Fsp3) is 0.467. The Labute approximate surface area is 113 Å². The lowest BCUT2D eigenvalue weighted by molar-refractivity contribution is -0.140. The maximum absolute atomic E-state index is 11.8. The van der Waals surface area contributed by atoms with Gasteiger partial charge in [-0.15, -0.1) is 0 Å². The van der Waals surface area contributed by atoms with E-state index in [4.69, 9.17) is 4.74 Å². The number of aryl methyl sites for hydroxylation is 2. The first-order chi connectivity index (χ1) is 9.12. The first kappa shape index (κ1) is 15.2. The highest BCUT2D eigenvalue weighted by atomic mass is 16.5. The third-order valence-corrected chi connectivity index (χ3v) is 2.89. The van der Waals surface area contributed by atoms with Crippen LogP contribution in [0.25, 0.3) is 0 Å². The van der Waals surface area contributed by atoms with Gasteiger partial charge in [-0.05, 0) is 37.0 Å². The van der Waals surface area contributed by atoms with Gasteiger partial charge < -0.3 is 9.47 Å². The van der Waals surface area contributed by atoms with Gasteiger partial charge in [0.15, 0.2) is 0 Å². The van der Waals surface area contributed by atoms with Crippen LogP contribution in [-0.2, 0) is 27.1 Å². The average molecular weight is 264 g/mol. The minimum Gasteiger partial charge on any atom is -0.469 e. The highest BCUT2D eigenvalue weighted by Crippen LogP contribution is 2.16. The zero-order valence-corrected chi connectivity index (χ0v) is 11.7. The second-order valence-electron chi connectivity index (χ2n) is 4.14. The maximum atomic E-state index is 11.8. The Kier molecular flexibility index (Phi) is 6.06. The smallest absolute Gasteiger partial charge is 0.338 e. The second-order valence-corrected chi connectivity index (χ2v) is 4.14. The summed E-state index contributed by atoms with van der Waals surface area (Å²) >= 11 is 0. The van der Waals surface area contributed by atoms with Crippen molar-refractivity contribution in [2.24, 2.45) is 0 Å². The summed E-state index contributed by atoms with van der Waals surface area (Å²) in [5.74, 6) is -0.522. The molecule has 0 heterocycles. The van der Waals surface area contributed by atoms with Crippen LogP contribution in [0.2, 0.25) is 0 Å². The molecule has 0 aromatic heterocycles. The van der Waals surface area contributed by atoms with Crippen molar-refractivity contribution >= 4 is 11.9 Å². The highest BCUT2D eigenvalue weighted by Gasteiger charge is 2.12. The van der Waals surface area contributed by atoms with Crippen LogP contribution in [0.5, 0.6) is 0 Å². The standard InChI is InChI=1S/C15H20O4/c1-4-12-10-11(7-9-14(16)18-3)6-8-13(12)15(17)19-5-2/h6,8,10H,4-5,7,9H2,1-3H3. The fourth-order valence-corrected chi connectivity index (χ4v) is 1.85. The molecule has 4 nitrogen and oxygen atoms in total. The molecule has 0 aliphatic carbocycles. The normalized spacial score (nSPS) is 10.1. The fourth-order valence-electron chi connectivity index (χ4n) is 1.85. The molecule has 1 rings (SSSR count). The Balaban J connectivity index is 2.83. The van der Waals surface area contributed by atoms with Gasteiger partial charge in [0.1, 0.15) is 0 Å². The summed E-state index contributed by atoms with van der Waals surface area (Å²) < 4.78 is 9.62. The quantitative estimate of drug-likeness (QED) is 0.741. The van der Waals surface area contributed by atoms with E-state index in [0.29, 0.717) is 25.0 Å². The SMILES string of the molecule is CCOC(=O)c1ccc(CCC(=O)OC)cc1CC. The number of carbonyl (C=O) groups is 2. The van der Waals surface area contributed by atoms with E-state index in [1.165, 1.54) is 7.11 Å². The zero-order valence-electron chi connectivity index (χ0n) is 11.7. The summed E-state index contributed by atoms with van der Waals surface area (Å²) in [6, 6.07) is 5.58. The van der Waals surface area contributed by atoms with Gasteiger partial charge in [-0.25, -0.2) is 4.79 Å². The molecule has 0 unspecified atom stereocenters. The van der Waals surface area contributed by atoms with Crippen LogP contribution < -0.4 is 0 Å². The first-order valence-electron chi connectivity index (χ1n) is 6.48. The molecular formula is C15H20O4. The molecule has 1 aromatic carbocycles. The van der Waals surface area contributed by atoms with Crippen molar-refractivity contribution in [2.75, 3.05) is 13.7 Å². The summed E-state index contributed by atoms with van der Waals surface area (Å²) in [7, 11) is 1.38. The number of benzene rings is 1. The number of hydrogen-bond donors (Lipinski definition) is 0. The van der Waals surface area contributed by atoms with Crippen LogP contribution in [-0.4, -0.2) is 25.7 Å². The second kappa shape index (κ2) is 7.56. The highest BCUT2D eigenvalue weighted by molar-refractivity contribution is 5.91. The molecule has 4 heteroatoms. The molecule has 104 valence electrons. The summed E-state index contributed by atoms with van der Waals surface area (Å²) in [4.78, 5) is 22.9. The van der Waals surface area contributed by atoms with Crippen LogP contribution in [0.3, 0.4) is 0 Å². The lowest BCUT2D eigenvalue weighted by atomic mass is 9.99. The first-order valence-corrected chi connectivity index (χ1v) is 6.48. The Bertz CT molecular complexity index is 451. The molecule has 19 heavy (non-hydrogen) atoms. The van der Waals surface area contributed by atoms with Gasteiger partial charge in [0.25, 0.3) is 0 Å². The van der Waals surface area contributed by atoms with E-state index in [9.17, 15) is 9.59 Å². The molecule has 0 atom stereocenters. The van der Waals surface area contributed by atoms with E-state index in [1.54, 1.807) is 13.0 Å². The van der Waals surface area contributed by atoms with Gasteiger partial charge in [-0.2, -0.15) is 0 Å². The van der Waals surface area contributed by atoms with Crippen molar-refractivity contribution in [2.45, 2.75) is 33.1 Å². The van der Waals surface area contributed by atoms with Crippen LogP contribution in [0.4, 0.5) is 0 Å². The van der Waals surface area contributed by atoms with Gasteiger partial charge >= 0.3 is 11.9 Å². The topological polar surface area (TPSA) is 52.6 Å². The molecule has 1 aromatic rings. The molecule has 0 bridgehead atoms. The average Bonchev–Trinajstić information content (AvgIpc) is 2.44. The molecule has 0 saturated heterocycles. The van der Waals surface area contributed by atoms with Gasteiger partial charge in [0, 0.05) is 6.42 Å². The third kappa shape index (κ3) is 4.39. The Morgan fingerprint density at radius 2 is 1.95 bits per heavy atom. The zero-order chi connectivity index (χ0) is 14.3.